The number of rotatable bonds is 4. The first-order valence-electron chi connectivity index (χ1n) is 6.93. The first-order chi connectivity index (χ1) is 9.29. The van der Waals surface area contributed by atoms with Gasteiger partial charge < -0.3 is 21.3 Å². The fourth-order valence-corrected chi connectivity index (χ4v) is 2.07. The molecule has 0 unspecified atom stereocenters. The largest absolute Gasteiger partial charge is 0.397 e. The number of nitrogens with zero attached hydrogens (tertiary/aromatic N) is 1. The lowest BCUT2D eigenvalue weighted by atomic mass is 10.0. The van der Waals surface area contributed by atoms with Crippen LogP contribution >= 0.6 is 0 Å². The Bertz CT molecular complexity index is 523. The van der Waals surface area contributed by atoms with E-state index in [4.69, 9.17) is 5.73 Å². The van der Waals surface area contributed by atoms with Gasteiger partial charge in [-0.05, 0) is 52.1 Å². The van der Waals surface area contributed by atoms with E-state index in [0.717, 1.165) is 29.9 Å². The molecule has 0 fully saturated rings. The summed E-state index contributed by atoms with van der Waals surface area (Å²) in [7, 11) is 4.13. The maximum Gasteiger partial charge on any atom is 0.224 e. The minimum Gasteiger partial charge on any atom is -0.397 e. The van der Waals surface area contributed by atoms with Gasteiger partial charge in [0.05, 0.1) is 11.4 Å². The molecule has 20 heavy (non-hydrogen) atoms. The molecule has 1 aromatic carbocycles. The van der Waals surface area contributed by atoms with E-state index in [-0.39, 0.29) is 11.4 Å². The molecule has 0 saturated carbocycles. The van der Waals surface area contributed by atoms with Crippen molar-refractivity contribution >= 4 is 23.0 Å². The molecule has 0 saturated heterocycles. The van der Waals surface area contributed by atoms with Gasteiger partial charge in [-0.1, -0.05) is 0 Å². The van der Waals surface area contributed by atoms with Gasteiger partial charge in [0.15, 0.2) is 0 Å². The van der Waals surface area contributed by atoms with Crippen LogP contribution in [0.15, 0.2) is 12.1 Å². The van der Waals surface area contributed by atoms with Gasteiger partial charge in [-0.15, -0.1) is 0 Å². The number of anilines is 3. The van der Waals surface area contributed by atoms with Crippen molar-refractivity contribution in [2.75, 3.05) is 37.0 Å². The highest BCUT2D eigenvalue weighted by atomic mass is 16.1. The molecule has 0 aromatic heterocycles. The summed E-state index contributed by atoms with van der Waals surface area (Å²) in [6.45, 7) is 5.15. The topological polar surface area (TPSA) is 70.4 Å². The molecule has 0 atom stereocenters. The van der Waals surface area contributed by atoms with E-state index in [1.807, 2.05) is 6.07 Å². The standard InChI is InChI=1S/C15H24N4O/c1-15(2,19(3)4)9-17-13-7-10-5-6-14(20)18-12(10)8-11(13)16/h7-8,17H,5-6,9,16H2,1-4H3,(H,18,20). The van der Waals surface area contributed by atoms with E-state index in [1.165, 1.54) is 0 Å². The summed E-state index contributed by atoms with van der Waals surface area (Å²) in [5, 5.41) is 6.28. The fourth-order valence-electron chi connectivity index (χ4n) is 2.07. The van der Waals surface area contributed by atoms with Gasteiger partial charge >= 0.3 is 0 Å². The second-order valence-corrected chi connectivity index (χ2v) is 6.21. The second-order valence-electron chi connectivity index (χ2n) is 6.21. The molecule has 0 bridgehead atoms. The van der Waals surface area contributed by atoms with E-state index in [9.17, 15) is 4.79 Å². The van der Waals surface area contributed by atoms with Crippen molar-refractivity contribution in [1.29, 1.82) is 0 Å². The molecule has 1 heterocycles. The van der Waals surface area contributed by atoms with Crippen molar-refractivity contribution in [2.24, 2.45) is 0 Å². The van der Waals surface area contributed by atoms with Crippen LogP contribution < -0.4 is 16.4 Å². The lowest BCUT2D eigenvalue weighted by Crippen LogP contribution is -2.44. The maximum absolute atomic E-state index is 11.4. The molecule has 1 aliphatic rings. The van der Waals surface area contributed by atoms with Crippen LogP contribution in [0.3, 0.4) is 0 Å². The molecular formula is C15H24N4O. The van der Waals surface area contributed by atoms with Crippen LogP contribution in [-0.4, -0.2) is 37.0 Å². The summed E-state index contributed by atoms with van der Waals surface area (Å²) in [5.74, 6) is 0.0614. The Hall–Kier alpha value is -1.75. The number of hydrogen-bond donors (Lipinski definition) is 3. The maximum atomic E-state index is 11.4. The summed E-state index contributed by atoms with van der Waals surface area (Å²) in [6, 6.07) is 3.90. The van der Waals surface area contributed by atoms with E-state index in [0.29, 0.717) is 12.1 Å². The Morgan fingerprint density at radius 3 is 2.70 bits per heavy atom. The zero-order valence-corrected chi connectivity index (χ0v) is 12.7. The molecule has 2 rings (SSSR count). The predicted octanol–water partition coefficient (Wildman–Crippen LogP) is 1.91. The molecule has 5 nitrogen and oxygen atoms in total. The highest BCUT2D eigenvalue weighted by molar-refractivity contribution is 5.95. The minimum absolute atomic E-state index is 0.0383. The first-order valence-corrected chi connectivity index (χ1v) is 6.93. The number of nitrogen functional groups attached to an aromatic ring is 1. The quantitative estimate of drug-likeness (QED) is 0.735. The number of carbonyl (C=O) groups is 1. The molecule has 0 radical (unpaired) electrons. The average Bonchev–Trinajstić information content (AvgIpc) is 2.36. The van der Waals surface area contributed by atoms with Crippen molar-refractivity contribution in [1.82, 2.24) is 4.90 Å². The number of likely N-dealkylation sites (N-methyl/N-ethyl adjacent to an activating group) is 1. The number of fused-ring (bicyclic) bond motifs is 1. The number of hydrogen-bond acceptors (Lipinski definition) is 4. The van der Waals surface area contributed by atoms with E-state index >= 15 is 0 Å². The van der Waals surface area contributed by atoms with E-state index in [1.54, 1.807) is 0 Å². The fraction of sp³-hybridized carbons (Fsp3) is 0.533. The molecule has 110 valence electrons. The number of amides is 1. The summed E-state index contributed by atoms with van der Waals surface area (Å²) in [5.41, 5.74) is 9.70. The van der Waals surface area contributed by atoms with Crippen molar-refractivity contribution in [2.45, 2.75) is 32.2 Å². The summed E-state index contributed by atoms with van der Waals surface area (Å²) in [4.78, 5) is 13.6. The molecule has 1 amide bonds. The second kappa shape index (κ2) is 5.32. The summed E-state index contributed by atoms with van der Waals surface area (Å²) in [6.07, 6.45) is 1.31. The van der Waals surface area contributed by atoms with Gasteiger partial charge in [0.25, 0.3) is 0 Å². The Labute approximate surface area is 120 Å². The average molecular weight is 276 g/mol. The Kier molecular flexibility index (Phi) is 3.90. The number of carbonyl (C=O) groups excluding carboxylic acids is 1. The monoisotopic (exact) mass is 276 g/mol. The number of nitrogens with two attached hydrogens (primary N) is 1. The predicted molar refractivity (Wildman–Crippen MR) is 84.1 cm³/mol. The van der Waals surface area contributed by atoms with Crippen LogP contribution in [0.4, 0.5) is 17.1 Å². The van der Waals surface area contributed by atoms with Gasteiger partial charge in [-0.25, -0.2) is 0 Å². The molecule has 4 N–H and O–H groups in total. The minimum atomic E-state index is 0.0383. The molecule has 0 spiro atoms. The Balaban J connectivity index is 2.16. The van der Waals surface area contributed by atoms with Gasteiger partial charge in [-0.2, -0.15) is 0 Å². The van der Waals surface area contributed by atoms with Crippen molar-refractivity contribution < 1.29 is 4.79 Å². The van der Waals surface area contributed by atoms with E-state index < -0.39 is 0 Å². The van der Waals surface area contributed by atoms with E-state index in [2.05, 4.69) is 49.5 Å². The first kappa shape index (κ1) is 14.7. The summed E-state index contributed by atoms with van der Waals surface area (Å²) < 4.78 is 0. The van der Waals surface area contributed by atoms with Gasteiger partial charge in [0.1, 0.15) is 0 Å². The van der Waals surface area contributed by atoms with Crippen molar-refractivity contribution in [3.63, 3.8) is 0 Å². The third-order valence-electron chi connectivity index (χ3n) is 4.09. The normalized spacial score (nSPS) is 14.9. The highest BCUT2D eigenvalue weighted by Crippen LogP contribution is 2.31. The third kappa shape index (κ3) is 3.04. The number of benzene rings is 1. The van der Waals surface area contributed by atoms with Crippen molar-refractivity contribution in [3.8, 4) is 0 Å². The summed E-state index contributed by atoms with van der Waals surface area (Å²) >= 11 is 0. The lowest BCUT2D eigenvalue weighted by Gasteiger charge is -2.33. The number of nitrogens with one attached hydrogen (secondary N) is 2. The van der Waals surface area contributed by atoms with Gasteiger partial charge in [0.2, 0.25) is 5.91 Å². The highest BCUT2D eigenvalue weighted by Gasteiger charge is 2.21. The van der Waals surface area contributed by atoms with Crippen LogP contribution in [-0.2, 0) is 11.2 Å². The smallest absolute Gasteiger partial charge is 0.224 e. The molecule has 1 aliphatic heterocycles. The van der Waals surface area contributed by atoms with Crippen molar-refractivity contribution in [3.05, 3.63) is 17.7 Å². The van der Waals surface area contributed by atoms with Gasteiger partial charge in [-0.3, -0.25) is 4.79 Å². The third-order valence-corrected chi connectivity index (χ3v) is 4.09. The van der Waals surface area contributed by atoms with Crippen LogP contribution in [0.1, 0.15) is 25.8 Å². The SMILES string of the molecule is CN(C)C(C)(C)CNc1cc2c(cc1N)NC(=O)CC2. The molecule has 1 aromatic rings. The van der Waals surface area contributed by atoms with Crippen LogP contribution in [0, 0.1) is 0 Å². The zero-order valence-electron chi connectivity index (χ0n) is 12.7. The lowest BCUT2D eigenvalue weighted by molar-refractivity contribution is -0.116. The van der Waals surface area contributed by atoms with Crippen LogP contribution in [0.2, 0.25) is 0 Å². The molecule has 5 heteroatoms. The molecular weight excluding hydrogens is 252 g/mol. The van der Waals surface area contributed by atoms with Crippen LogP contribution in [0.5, 0.6) is 0 Å². The van der Waals surface area contributed by atoms with Crippen LogP contribution in [0.25, 0.3) is 0 Å². The Morgan fingerprint density at radius 1 is 1.35 bits per heavy atom. The Morgan fingerprint density at radius 2 is 2.05 bits per heavy atom. The molecule has 0 aliphatic carbocycles. The van der Waals surface area contributed by atoms with Gasteiger partial charge in [0, 0.05) is 24.2 Å². The number of aryl methyl sites for hydroxylation is 1. The zero-order chi connectivity index (χ0) is 14.9.